The number of carbonyl (C=O) groups excluding carboxylic acids is 1. The summed E-state index contributed by atoms with van der Waals surface area (Å²) in [5, 5.41) is 8.02. The molecule has 0 aromatic heterocycles. The van der Waals surface area contributed by atoms with Crippen LogP contribution in [-0.4, -0.2) is 27.5 Å². The molecule has 1 aromatic carbocycles. The van der Waals surface area contributed by atoms with Gasteiger partial charge in [0.15, 0.2) is 0 Å². The number of nitrogens with one attached hydrogen (secondary N) is 1. The molecule has 0 aliphatic heterocycles. The van der Waals surface area contributed by atoms with Crippen LogP contribution in [0.5, 0.6) is 0 Å². The predicted octanol–water partition coefficient (Wildman–Crippen LogP) is 0.548. The largest absolute Gasteiger partial charge is 0.465 e. The highest BCUT2D eigenvalue weighted by Gasteiger charge is 2.12. The number of benzene rings is 1. The number of hydrogen-bond acceptors (Lipinski definition) is 5. The summed E-state index contributed by atoms with van der Waals surface area (Å²) in [5.41, 5.74) is 0.732. The van der Waals surface area contributed by atoms with E-state index in [1.54, 1.807) is 19.1 Å². The number of rotatable bonds is 6. The molecule has 0 amide bonds. The maximum Gasteiger partial charge on any atom is 0.319 e. The van der Waals surface area contributed by atoms with Gasteiger partial charge in [0.2, 0.25) is 10.0 Å². The zero-order chi connectivity index (χ0) is 14.5. The Morgan fingerprint density at radius 1 is 1.47 bits per heavy atom. The van der Waals surface area contributed by atoms with Crippen LogP contribution in [0.15, 0.2) is 29.2 Å². The van der Waals surface area contributed by atoms with Crippen LogP contribution in [0.4, 0.5) is 0 Å². The summed E-state index contributed by atoms with van der Waals surface area (Å²) in [6, 6.07) is 6.09. The minimum atomic E-state index is -3.72. The van der Waals surface area contributed by atoms with Gasteiger partial charge in [-0.05, 0) is 31.5 Å². The third-order valence-electron chi connectivity index (χ3n) is 2.54. The lowest BCUT2D eigenvalue weighted by Crippen LogP contribution is -2.27. The molecule has 0 aliphatic rings. The Morgan fingerprint density at radius 2 is 2.16 bits per heavy atom. The molecule has 19 heavy (non-hydrogen) atoms. The van der Waals surface area contributed by atoms with E-state index in [4.69, 9.17) is 9.88 Å². The zero-order valence-corrected chi connectivity index (χ0v) is 11.7. The first kappa shape index (κ1) is 15.6. The van der Waals surface area contributed by atoms with E-state index in [0.29, 0.717) is 6.61 Å². The maximum atomic E-state index is 11.2. The van der Waals surface area contributed by atoms with E-state index in [9.17, 15) is 13.2 Å². The summed E-state index contributed by atoms with van der Waals surface area (Å²) in [5.74, 6) is -0.350. The molecular formula is C12H18N2O4S. The van der Waals surface area contributed by atoms with E-state index < -0.39 is 10.0 Å². The van der Waals surface area contributed by atoms with Gasteiger partial charge in [0, 0.05) is 6.04 Å². The Balaban J connectivity index is 2.72. The molecule has 0 spiro atoms. The summed E-state index contributed by atoms with van der Waals surface area (Å²) in [7, 11) is -3.72. The van der Waals surface area contributed by atoms with Crippen LogP contribution in [0, 0.1) is 0 Å². The first-order valence-electron chi connectivity index (χ1n) is 5.86. The Kier molecular flexibility index (Phi) is 5.46. The summed E-state index contributed by atoms with van der Waals surface area (Å²) < 4.78 is 27.3. The Bertz CT molecular complexity index is 542. The first-order valence-corrected chi connectivity index (χ1v) is 7.41. The van der Waals surface area contributed by atoms with Crippen LogP contribution < -0.4 is 10.5 Å². The number of ether oxygens (including phenoxy) is 1. The molecule has 1 unspecified atom stereocenters. The van der Waals surface area contributed by atoms with Gasteiger partial charge in [-0.15, -0.1) is 0 Å². The highest BCUT2D eigenvalue weighted by molar-refractivity contribution is 7.89. The summed E-state index contributed by atoms with van der Waals surface area (Å²) in [6.45, 7) is 3.95. The molecule has 0 bridgehead atoms. The van der Waals surface area contributed by atoms with Gasteiger partial charge in [0.25, 0.3) is 0 Å². The average Bonchev–Trinajstić information content (AvgIpc) is 2.35. The van der Waals surface area contributed by atoms with Gasteiger partial charge in [0.05, 0.1) is 18.0 Å². The molecule has 0 fully saturated rings. The van der Waals surface area contributed by atoms with E-state index in [-0.39, 0.29) is 23.5 Å². The normalized spacial score (nSPS) is 13.0. The number of primary sulfonamides is 1. The maximum absolute atomic E-state index is 11.2. The Hall–Kier alpha value is -1.44. The number of nitrogens with two attached hydrogens (primary N) is 1. The minimum Gasteiger partial charge on any atom is -0.465 e. The quantitative estimate of drug-likeness (QED) is 0.744. The number of sulfonamides is 1. The molecule has 0 saturated heterocycles. The Morgan fingerprint density at radius 3 is 2.74 bits per heavy atom. The van der Waals surface area contributed by atoms with Gasteiger partial charge < -0.3 is 10.1 Å². The van der Waals surface area contributed by atoms with E-state index in [1.807, 2.05) is 6.92 Å². The van der Waals surface area contributed by atoms with Crippen molar-refractivity contribution in [1.82, 2.24) is 5.32 Å². The summed E-state index contributed by atoms with van der Waals surface area (Å²) in [6.07, 6.45) is 0. The van der Waals surface area contributed by atoms with Crippen molar-refractivity contribution in [2.75, 3.05) is 13.2 Å². The standard InChI is InChI=1S/C12H18N2O4S/c1-3-18-12(15)8-14-9(2)10-5-4-6-11(7-10)19(13,16)17/h4-7,9,14H,3,8H2,1-2H3,(H2,13,16,17). The molecule has 106 valence electrons. The van der Waals surface area contributed by atoms with Crippen LogP contribution in [0.2, 0.25) is 0 Å². The third-order valence-corrected chi connectivity index (χ3v) is 3.46. The van der Waals surface area contributed by atoms with Gasteiger partial charge in [-0.1, -0.05) is 12.1 Å². The lowest BCUT2D eigenvalue weighted by Gasteiger charge is -2.14. The zero-order valence-electron chi connectivity index (χ0n) is 10.9. The van der Waals surface area contributed by atoms with E-state index in [1.165, 1.54) is 12.1 Å². The van der Waals surface area contributed by atoms with Crippen molar-refractivity contribution >= 4 is 16.0 Å². The number of carbonyl (C=O) groups is 1. The van der Waals surface area contributed by atoms with Gasteiger partial charge in [-0.25, -0.2) is 13.6 Å². The molecule has 1 aromatic rings. The highest BCUT2D eigenvalue weighted by Crippen LogP contribution is 2.16. The molecular weight excluding hydrogens is 268 g/mol. The summed E-state index contributed by atoms with van der Waals surface area (Å²) in [4.78, 5) is 11.3. The Labute approximate surface area is 113 Å². The molecule has 1 rings (SSSR count). The van der Waals surface area contributed by atoms with Crippen molar-refractivity contribution in [3.05, 3.63) is 29.8 Å². The van der Waals surface area contributed by atoms with Crippen molar-refractivity contribution in [2.45, 2.75) is 24.8 Å². The molecule has 0 aliphatic carbocycles. The third kappa shape index (κ3) is 4.98. The lowest BCUT2D eigenvalue weighted by atomic mass is 10.1. The molecule has 3 N–H and O–H groups in total. The van der Waals surface area contributed by atoms with Crippen molar-refractivity contribution < 1.29 is 17.9 Å². The topological polar surface area (TPSA) is 98.5 Å². The molecule has 1 atom stereocenters. The molecule has 6 nitrogen and oxygen atoms in total. The molecule has 0 heterocycles. The predicted molar refractivity (Wildman–Crippen MR) is 70.9 cm³/mol. The van der Waals surface area contributed by atoms with Gasteiger partial charge >= 0.3 is 5.97 Å². The van der Waals surface area contributed by atoms with E-state index in [2.05, 4.69) is 5.32 Å². The van der Waals surface area contributed by atoms with Crippen molar-refractivity contribution in [1.29, 1.82) is 0 Å². The second-order valence-electron chi connectivity index (χ2n) is 4.03. The minimum absolute atomic E-state index is 0.0507. The molecule has 0 radical (unpaired) electrons. The fraction of sp³-hybridized carbons (Fsp3) is 0.417. The van der Waals surface area contributed by atoms with Gasteiger partial charge in [0.1, 0.15) is 0 Å². The van der Waals surface area contributed by atoms with Crippen LogP contribution in [0.1, 0.15) is 25.5 Å². The van der Waals surface area contributed by atoms with Crippen molar-refractivity contribution in [2.24, 2.45) is 5.14 Å². The van der Waals surface area contributed by atoms with Crippen molar-refractivity contribution in [3.8, 4) is 0 Å². The monoisotopic (exact) mass is 286 g/mol. The number of esters is 1. The fourth-order valence-electron chi connectivity index (χ4n) is 1.53. The summed E-state index contributed by atoms with van der Waals surface area (Å²) >= 11 is 0. The van der Waals surface area contributed by atoms with E-state index >= 15 is 0 Å². The highest BCUT2D eigenvalue weighted by atomic mass is 32.2. The van der Waals surface area contributed by atoms with Gasteiger partial charge in [-0.2, -0.15) is 0 Å². The second-order valence-corrected chi connectivity index (χ2v) is 5.59. The lowest BCUT2D eigenvalue weighted by molar-refractivity contribution is -0.142. The first-order chi connectivity index (χ1) is 8.84. The van der Waals surface area contributed by atoms with Gasteiger partial charge in [-0.3, -0.25) is 4.79 Å². The van der Waals surface area contributed by atoms with Crippen LogP contribution >= 0.6 is 0 Å². The van der Waals surface area contributed by atoms with Crippen LogP contribution in [0.3, 0.4) is 0 Å². The number of hydrogen-bond donors (Lipinski definition) is 2. The van der Waals surface area contributed by atoms with Crippen LogP contribution in [-0.2, 0) is 19.6 Å². The molecule has 7 heteroatoms. The fourth-order valence-corrected chi connectivity index (χ4v) is 2.10. The second kappa shape index (κ2) is 6.65. The van der Waals surface area contributed by atoms with Crippen molar-refractivity contribution in [3.63, 3.8) is 0 Å². The van der Waals surface area contributed by atoms with Crippen LogP contribution in [0.25, 0.3) is 0 Å². The SMILES string of the molecule is CCOC(=O)CNC(C)c1cccc(S(N)(=O)=O)c1. The average molecular weight is 286 g/mol. The van der Waals surface area contributed by atoms with E-state index in [0.717, 1.165) is 5.56 Å². The molecule has 0 saturated carbocycles. The smallest absolute Gasteiger partial charge is 0.319 e.